The fraction of sp³-hybridized carbons (Fsp3) is 0.556. The summed E-state index contributed by atoms with van der Waals surface area (Å²) in [6.45, 7) is 8.48. The van der Waals surface area contributed by atoms with Crippen LogP contribution in [0.1, 0.15) is 31.4 Å². The molecule has 1 aliphatic rings. The van der Waals surface area contributed by atoms with Gasteiger partial charge in [0.15, 0.2) is 6.61 Å². The zero-order chi connectivity index (χ0) is 17.2. The summed E-state index contributed by atoms with van der Waals surface area (Å²) in [5.74, 6) is -0.336. The van der Waals surface area contributed by atoms with E-state index >= 15 is 0 Å². The predicted molar refractivity (Wildman–Crippen MR) is 87.5 cm³/mol. The Morgan fingerprint density at radius 3 is 2.52 bits per heavy atom. The molecule has 1 amide bonds. The van der Waals surface area contributed by atoms with Crippen molar-refractivity contribution in [3.8, 4) is 5.75 Å². The van der Waals surface area contributed by atoms with Gasteiger partial charge in [0.25, 0.3) is 5.91 Å². The number of aliphatic carboxylic acids is 1. The average molecular weight is 319 g/mol. The third-order valence-corrected chi connectivity index (χ3v) is 5.03. The number of carbonyl (C=O) groups excluding carboxylic acids is 1. The summed E-state index contributed by atoms with van der Waals surface area (Å²) in [4.78, 5) is 25.5. The van der Waals surface area contributed by atoms with Crippen LogP contribution in [0.5, 0.6) is 5.75 Å². The molecule has 0 aromatic heterocycles. The minimum absolute atomic E-state index is 0.0153. The number of ether oxygens (including phenoxy) is 1. The second-order valence-electron chi connectivity index (χ2n) is 6.72. The number of carboxylic acid groups (broad SMARTS) is 1. The van der Waals surface area contributed by atoms with Crippen LogP contribution in [0.4, 0.5) is 0 Å². The smallest absolute Gasteiger partial charge is 0.311 e. The van der Waals surface area contributed by atoms with Crippen LogP contribution in [0.3, 0.4) is 0 Å². The molecule has 126 valence electrons. The zero-order valence-corrected chi connectivity index (χ0v) is 14.3. The number of hydrogen-bond donors (Lipinski definition) is 1. The van der Waals surface area contributed by atoms with E-state index in [0.29, 0.717) is 18.7 Å². The number of benzene rings is 1. The van der Waals surface area contributed by atoms with Crippen LogP contribution < -0.4 is 4.74 Å². The minimum atomic E-state index is -0.837. The van der Waals surface area contributed by atoms with Gasteiger partial charge in [-0.15, -0.1) is 0 Å². The van der Waals surface area contributed by atoms with E-state index in [1.165, 1.54) is 5.56 Å². The number of hydrogen-bond acceptors (Lipinski definition) is 3. The molecule has 1 unspecified atom stereocenters. The second-order valence-corrected chi connectivity index (χ2v) is 6.72. The molecular formula is C18H25NO4. The van der Waals surface area contributed by atoms with Crippen molar-refractivity contribution in [3.63, 3.8) is 0 Å². The van der Waals surface area contributed by atoms with Crippen LogP contribution in [0.25, 0.3) is 0 Å². The van der Waals surface area contributed by atoms with Gasteiger partial charge in [-0.2, -0.15) is 0 Å². The molecule has 0 aliphatic carbocycles. The van der Waals surface area contributed by atoms with Crippen LogP contribution in [-0.4, -0.2) is 41.6 Å². The van der Waals surface area contributed by atoms with E-state index in [4.69, 9.17) is 4.74 Å². The van der Waals surface area contributed by atoms with E-state index in [1.807, 2.05) is 45.9 Å². The summed E-state index contributed by atoms with van der Waals surface area (Å²) >= 11 is 0. The van der Waals surface area contributed by atoms with Gasteiger partial charge in [0, 0.05) is 13.1 Å². The summed E-state index contributed by atoms with van der Waals surface area (Å²) in [7, 11) is 0. The first kappa shape index (κ1) is 17.3. The molecule has 0 spiro atoms. The SMILES string of the molecule is Cc1ccc(OCC(=O)N2CCC(C(=O)O)(C(C)C)C2)cc1C. The van der Waals surface area contributed by atoms with E-state index in [1.54, 1.807) is 4.90 Å². The Bertz CT molecular complexity index is 611. The molecule has 0 saturated carbocycles. The van der Waals surface area contributed by atoms with Gasteiger partial charge in [-0.05, 0) is 49.4 Å². The topological polar surface area (TPSA) is 66.8 Å². The van der Waals surface area contributed by atoms with Crippen molar-refractivity contribution >= 4 is 11.9 Å². The fourth-order valence-electron chi connectivity index (χ4n) is 2.98. The Labute approximate surface area is 137 Å². The normalized spacial score (nSPS) is 20.8. The van der Waals surface area contributed by atoms with Gasteiger partial charge in [0.05, 0.1) is 5.41 Å². The summed E-state index contributed by atoms with van der Waals surface area (Å²) < 4.78 is 5.57. The van der Waals surface area contributed by atoms with Crippen LogP contribution >= 0.6 is 0 Å². The number of likely N-dealkylation sites (tertiary alicyclic amines) is 1. The van der Waals surface area contributed by atoms with Crippen molar-refractivity contribution in [2.24, 2.45) is 11.3 Å². The van der Waals surface area contributed by atoms with Gasteiger partial charge in [0.2, 0.25) is 0 Å². The van der Waals surface area contributed by atoms with Crippen molar-refractivity contribution in [3.05, 3.63) is 29.3 Å². The quantitative estimate of drug-likeness (QED) is 0.906. The minimum Gasteiger partial charge on any atom is -0.484 e. The van der Waals surface area contributed by atoms with E-state index in [0.717, 1.165) is 5.56 Å². The number of rotatable bonds is 5. The van der Waals surface area contributed by atoms with Crippen molar-refractivity contribution in [2.75, 3.05) is 19.7 Å². The Morgan fingerprint density at radius 2 is 2.00 bits per heavy atom. The molecule has 2 rings (SSSR count). The van der Waals surface area contributed by atoms with E-state index < -0.39 is 11.4 Å². The van der Waals surface area contributed by atoms with E-state index in [9.17, 15) is 14.7 Å². The van der Waals surface area contributed by atoms with Crippen molar-refractivity contribution in [2.45, 2.75) is 34.1 Å². The highest BCUT2D eigenvalue weighted by Gasteiger charge is 2.48. The standard InChI is InChI=1S/C18H25NO4/c1-12(2)18(17(21)22)7-8-19(11-18)16(20)10-23-15-6-5-13(3)14(4)9-15/h5-6,9,12H,7-8,10-11H2,1-4H3,(H,21,22). The number of nitrogens with zero attached hydrogens (tertiary/aromatic N) is 1. The van der Waals surface area contributed by atoms with Crippen LogP contribution in [0.15, 0.2) is 18.2 Å². The van der Waals surface area contributed by atoms with E-state index in [-0.39, 0.29) is 25.0 Å². The second kappa shape index (κ2) is 6.60. The van der Waals surface area contributed by atoms with Gasteiger partial charge in [-0.25, -0.2) is 0 Å². The summed E-state index contributed by atoms with van der Waals surface area (Å²) in [5, 5.41) is 9.53. The molecule has 1 heterocycles. The van der Waals surface area contributed by atoms with Gasteiger partial charge in [-0.1, -0.05) is 19.9 Å². The molecule has 1 fully saturated rings. The molecule has 1 atom stereocenters. The lowest BCUT2D eigenvalue weighted by molar-refractivity contribution is -0.151. The summed E-state index contributed by atoms with van der Waals surface area (Å²) in [6, 6.07) is 5.71. The average Bonchev–Trinajstić information content (AvgIpc) is 2.95. The molecule has 1 aromatic rings. The van der Waals surface area contributed by atoms with Crippen molar-refractivity contribution < 1.29 is 19.4 Å². The lowest BCUT2D eigenvalue weighted by Crippen LogP contribution is -2.41. The van der Waals surface area contributed by atoms with Gasteiger partial charge < -0.3 is 14.7 Å². The third-order valence-electron chi connectivity index (χ3n) is 5.03. The first-order chi connectivity index (χ1) is 10.8. The number of carbonyl (C=O) groups is 2. The number of amides is 1. The first-order valence-electron chi connectivity index (χ1n) is 7.97. The fourth-order valence-corrected chi connectivity index (χ4v) is 2.98. The Kier molecular flexibility index (Phi) is 4.97. The zero-order valence-electron chi connectivity index (χ0n) is 14.3. The summed E-state index contributed by atoms with van der Waals surface area (Å²) in [5.41, 5.74) is 1.45. The van der Waals surface area contributed by atoms with Gasteiger partial charge >= 0.3 is 5.97 Å². The highest BCUT2D eigenvalue weighted by molar-refractivity contribution is 5.81. The molecule has 1 saturated heterocycles. The lowest BCUT2D eigenvalue weighted by atomic mass is 9.76. The molecule has 1 aliphatic heterocycles. The third kappa shape index (κ3) is 3.49. The highest BCUT2D eigenvalue weighted by atomic mass is 16.5. The molecule has 23 heavy (non-hydrogen) atoms. The molecular weight excluding hydrogens is 294 g/mol. The molecule has 5 heteroatoms. The monoisotopic (exact) mass is 319 g/mol. The Hall–Kier alpha value is -2.04. The Morgan fingerprint density at radius 1 is 1.30 bits per heavy atom. The van der Waals surface area contributed by atoms with Crippen molar-refractivity contribution in [1.29, 1.82) is 0 Å². The summed E-state index contributed by atoms with van der Waals surface area (Å²) in [6.07, 6.45) is 0.495. The molecule has 5 nitrogen and oxygen atoms in total. The maximum atomic E-state index is 12.3. The van der Waals surface area contributed by atoms with Crippen LogP contribution in [0.2, 0.25) is 0 Å². The molecule has 1 aromatic carbocycles. The highest BCUT2D eigenvalue weighted by Crippen LogP contribution is 2.38. The largest absolute Gasteiger partial charge is 0.484 e. The van der Waals surface area contributed by atoms with E-state index in [2.05, 4.69) is 0 Å². The van der Waals surface area contributed by atoms with Crippen molar-refractivity contribution in [1.82, 2.24) is 4.90 Å². The van der Waals surface area contributed by atoms with Gasteiger partial charge in [-0.3, -0.25) is 9.59 Å². The molecule has 1 N–H and O–H groups in total. The van der Waals surface area contributed by atoms with Crippen LogP contribution in [-0.2, 0) is 9.59 Å². The Balaban J connectivity index is 1.97. The van der Waals surface area contributed by atoms with Gasteiger partial charge in [0.1, 0.15) is 5.75 Å². The maximum absolute atomic E-state index is 12.3. The first-order valence-corrected chi connectivity index (χ1v) is 7.97. The molecule has 0 bridgehead atoms. The predicted octanol–water partition coefficient (Wildman–Crippen LogP) is 2.64. The number of carboxylic acids is 1. The van der Waals surface area contributed by atoms with Crippen LogP contribution in [0, 0.1) is 25.2 Å². The number of aryl methyl sites for hydroxylation is 2. The molecule has 0 radical (unpaired) electrons. The maximum Gasteiger partial charge on any atom is 0.311 e. The lowest BCUT2D eigenvalue weighted by Gasteiger charge is -2.28.